The summed E-state index contributed by atoms with van der Waals surface area (Å²) in [5, 5.41) is 8.11. The third-order valence-electron chi connectivity index (χ3n) is 5.48. The van der Waals surface area contributed by atoms with Gasteiger partial charge in [0.25, 0.3) is 0 Å². The van der Waals surface area contributed by atoms with Crippen LogP contribution in [0.1, 0.15) is 28.1 Å². The van der Waals surface area contributed by atoms with Crippen LogP contribution >= 0.6 is 0 Å². The quantitative estimate of drug-likeness (QED) is 0.518. The number of imidazole rings is 1. The molecule has 1 N–H and O–H groups in total. The average Bonchev–Trinajstić information content (AvgIpc) is 3.32. The van der Waals surface area contributed by atoms with E-state index in [2.05, 4.69) is 82.3 Å². The summed E-state index contributed by atoms with van der Waals surface area (Å²) in [5.41, 5.74) is 8.68. The summed E-state index contributed by atoms with van der Waals surface area (Å²) in [6.45, 7) is 6.68. The largest absolute Gasteiger partial charge is 0.333 e. The zero-order valence-electron chi connectivity index (χ0n) is 17.3. The van der Waals surface area contributed by atoms with E-state index in [4.69, 9.17) is 0 Å². The average molecular weight is 386 g/mol. The molecule has 2 aromatic carbocycles. The minimum atomic E-state index is 0.820. The lowest BCUT2D eigenvalue weighted by atomic mass is 9.98. The summed E-state index contributed by atoms with van der Waals surface area (Å²) >= 11 is 0. The highest BCUT2D eigenvalue weighted by molar-refractivity contribution is 5.67. The van der Waals surface area contributed by atoms with Crippen LogP contribution in [0.25, 0.3) is 11.1 Å². The normalized spacial score (nSPS) is 11.1. The number of benzene rings is 2. The number of nitrogens with one attached hydrogen (secondary N) is 1. The predicted octanol–water partition coefficient (Wildman–Crippen LogP) is 4.24. The third-order valence-corrected chi connectivity index (χ3v) is 5.48. The molecule has 0 saturated heterocycles. The van der Waals surface area contributed by atoms with Crippen LogP contribution in [0.2, 0.25) is 0 Å². The Bertz CT molecular complexity index is 1080. The van der Waals surface area contributed by atoms with E-state index in [1.165, 1.54) is 33.5 Å². The van der Waals surface area contributed by atoms with Gasteiger partial charge < -0.3 is 9.88 Å². The first kappa shape index (κ1) is 19.2. The molecule has 148 valence electrons. The van der Waals surface area contributed by atoms with E-state index in [0.29, 0.717) is 0 Å². The van der Waals surface area contributed by atoms with Crippen LogP contribution in [0.5, 0.6) is 0 Å². The zero-order valence-corrected chi connectivity index (χ0v) is 17.3. The van der Waals surface area contributed by atoms with E-state index < -0.39 is 0 Å². The summed E-state index contributed by atoms with van der Waals surface area (Å²) < 4.78 is 4.03. The van der Waals surface area contributed by atoms with E-state index in [9.17, 15) is 0 Å². The molecule has 4 rings (SSSR count). The summed E-state index contributed by atoms with van der Waals surface area (Å²) in [6, 6.07) is 17.4. The lowest BCUT2D eigenvalue weighted by Crippen LogP contribution is -2.14. The summed E-state index contributed by atoms with van der Waals surface area (Å²) in [5.74, 6) is 0. The molecule has 0 fully saturated rings. The Kier molecular flexibility index (Phi) is 5.58. The standard InChI is InChI=1S/C24H27N5/c1-18-24(19(2)28(3)27-18)15-26-14-22-6-4-5-7-23(22)21-10-8-20(9-11-21)16-29-13-12-25-17-29/h4-13,17,26H,14-16H2,1-3H3. The minimum Gasteiger partial charge on any atom is -0.333 e. The maximum Gasteiger partial charge on any atom is 0.0949 e. The molecule has 0 spiro atoms. The van der Waals surface area contributed by atoms with Crippen molar-refractivity contribution in [3.63, 3.8) is 0 Å². The van der Waals surface area contributed by atoms with Gasteiger partial charge in [0.05, 0.1) is 12.0 Å². The fourth-order valence-electron chi connectivity index (χ4n) is 3.73. The van der Waals surface area contributed by atoms with Crippen LogP contribution < -0.4 is 5.32 Å². The van der Waals surface area contributed by atoms with Crippen LogP contribution in [-0.2, 0) is 26.7 Å². The zero-order chi connectivity index (χ0) is 20.2. The Hall–Kier alpha value is -3.18. The predicted molar refractivity (Wildman–Crippen MR) is 116 cm³/mol. The van der Waals surface area contributed by atoms with Crippen molar-refractivity contribution in [3.8, 4) is 11.1 Å². The molecule has 5 heteroatoms. The topological polar surface area (TPSA) is 47.7 Å². The second-order valence-corrected chi connectivity index (χ2v) is 7.47. The van der Waals surface area contributed by atoms with Crippen LogP contribution in [-0.4, -0.2) is 19.3 Å². The summed E-state index contributed by atoms with van der Waals surface area (Å²) in [6.07, 6.45) is 5.65. The molecule has 5 nitrogen and oxygen atoms in total. The maximum absolute atomic E-state index is 4.51. The Morgan fingerprint density at radius 2 is 1.76 bits per heavy atom. The number of hydrogen-bond donors (Lipinski definition) is 1. The van der Waals surface area contributed by atoms with Gasteiger partial charge in [-0.25, -0.2) is 4.98 Å². The SMILES string of the molecule is Cc1nn(C)c(C)c1CNCc1ccccc1-c1ccc(Cn2ccnc2)cc1. The monoisotopic (exact) mass is 385 g/mol. The van der Waals surface area contributed by atoms with Gasteiger partial charge in [0.2, 0.25) is 0 Å². The lowest BCUT2D eigenvalue weighted by molar-refractivity contribution is 0.685. The minimum absolute atomic E-state index is 0.820. The molecule has 0 atom stereocenters. The van der Waals surface area contributed by atoms with Crippen LogP contribution in [0.4, 0.5) is 0 Å². The number of nitrogens with zero attached hydrogens (tertiary/aromatic N) is 4. The number of aryl methyl sites for hydroxylation is 2. The van der Waals surface area contributed by atoms with Gasteiger partial charge in [-0.15, -0.1) is 0 Å². The molecular formula is C24H27N5. The van der Waals surface area contributed by atoms with Crippen molar-refractivity contribution in [2.45, 2.75) is 33.5 Å². The molecule has 0 unspecified atom stereocenters. The highest BCUT2D eigenvalue weighted by Gasteiger charge is 2.10. The van der Waals surface area contributed by atoms with E-state index in [0.717, 1.165) is 25.3 Å². The fraction of sp³-hybridized carbons (Fsp3) is 0.250. The molecule has 0 bridgehead atoms. The van der Waals surface area contributed by atoms with Crippen LogP contribution in [0.3, 0.4) is 0 Å². The van der Waals surface area contributed by atoms with Crippen molar-refractivity contribution < 1.29 is 0 Å². The molecule has 0 radical (unpaired) electrons. The second-order valence-electron chi connectivity index (χ2n) is 7.47. The molecule has 29 heavy (non-hydrogen) atoms. The molecular weight excluding hydrogens is 358 g/mol. The van der Waals surface area contributed by atoms with E-state index in [1.807, 2.05) is 30.5 Å². The highest BCUT2D eigenvalue weighted by atomic mass is 15.3. The molecule has 2 heterocycles. The van der Waals surface area contributed by atoms with Crippen LogP contribution in [0, 0.1) is 13.8 Å². The Labute approximate surface area is 172 Å². The molecule has 0 aliphatic carbocycles. The van der Waals surface area contributed by atoms with Gasteiger partial charge in [-0.1, -0.05) is 48.5 Å². The van der Waals surface area contributed by atoms with Gasteiger partial charge in [0.1, 0.15) is 0 Å². The van der Waals surface area contributed by atoms with Gasteiger partial charge in [-0.2, -0.15) is 5.10 Å². The number of aromatic nitrogens is 4. The van der Waals surface area contributed by atoms with Gasteiger partial charge in [0.15, 0.2) is 0 Å². The number of rotatable bonds is 7. The van der Waals surface area contributed by atoms with Gasteiger partial charge >= 0.3 is 0 Å². The van der Waals surface area contributed by atoms with Crippen molar-refractivity contribution in [1.82, 2.24) is 24.6 Å². The first-order chi connectivity index (χ1) is 14.1. The lowest BCUT2D eigenvalue weighted by Gasteiger charge is -2.12. The molecule has 0 aliphatic rings. The van der Waals surface area contributed by atoms with Gasteiger partial charge in [0, 0.05) is 50.3 Å². The summed E-state index contributed by atoms with van der Waals surface area (Å²) in [4.78, 5) is 4.11. The maximum atomic E-state index is 4.51. The Balaban J connectivity index is 1.46. The highest BCUT2D eigenvalue weighted by Crippen LogP contribution is 2.24. The van der Waals surface area contributed by atoms with Crippen molar-refractivity contribution in [3.05, 3.63) is 95.3 Å². The Morgan fingerprint density at radius 3 is 2.45 bits per heavy atom. The van der Waals surface area contributed by atoms with Crippen molar-refractivity contribution in [2.24, 2.45) is 7.05 Å². The van der Waals surface area contributed by atoms with Crippen molar-refractivity contribution in [2.75, 3.05) is 0 Å². The molecule has 0 aliphatic heterocycles. The molecule has 4 aromatic rings. The Morgan fingerprint density at radius 1 is 0.966 bits per heavy atom. The third kappa shape index (κ3) is 4.30. The second kappa shape index (κ2) is 8.45. The van der Waals surface area contributed by atoms with E-state index >= 15 is 0 Å². The molecule has 0 saturated carbocycles. The fourth-order valence-corrected chi connectivity index (χ4v) is 3.73. The molecule has 2 aromatic heterocycles. The van der Waals surface area contributed by atoms with Gasteiger partial charge in [-0.05, 0) is 36.1 Å². The van der Waals surface area contributed by atoms with E-state index in [-0.39, 0.29) is 0 Å². The molecule has 0 amide bonds. The smallest absolute Gasteiger partial charge is 0.0949 e. The number of hydrogen-bond acceptors (Lipinski definition) is 3. The van der Waals surface area contributed by atoms with E-state index in [1.54, 1.807) is 0 Å². The first-order valence-electron chi connectivity index (χ1n) is 9.94. The van der Waals surface area contributed by atoms with Crippen LogP contribution in [0.15, 0.2) is 67.3 Å². The van der Waals surface area contributed by atoms with Crippen molar-refractivity contribution >= 4 is 0 Å². The first-order valence-corrected chi connectivity index (χ1v) is 9.94. The van der Waals surface area contributed by atoms with Crippen molar-refractivity contribution in [1.29, 1.82) is 0 Å². The summed E-state index contributed by atoms with van der Waals surface area (Å²) in [7, 11) is 2.00. The van der Waals surface area contributed by atoms with Gasteiger partial charge in [-0.3, -0.25) is 4.68 Å².